The second kappa shape index (κ2) is 6.49. The quantitative estimate of drug-likeness (QED) is 0.869. The van der Waals surface area contributed by atoms with E-state index in [0.29, 0.717) is 17.3 Å². The summed E-state index contributed by atoms with van der Waals surface area (Å²) < 4.78 is 1.46. The van der Waals surface area contributed by atoms with E-state index < -0.39 is 0 Å². The summed E-state index contributed by atoms with van der Waals surface area (Å²) in [5.74, 6) is -0.161. The van der Waals surface area contributed by atoms with Crippen molar-refractivity contribution in [1.29, 1.82) is 0 Å². The molecule has 0 bridgehead atoms. The zero-order valence-electron chi connectivity index (χ0n) is 11.1. The number of rotatable bonds is 5. The SMILES string of the molecule is C[C@H](NC(=O)Cn1cc(CN)nn1)c1ccccc1Cl. The molecule has 1 atom stereocenters. The van der Waals surface area contributed by atoms with Crippen LogP contribution in [0.2, 0.25) is 5.02 Å². The Balaban J connectivity index is 1.96. The Bertz CT molecular complexity index is 598. The highest BCUT2D eigenvalue weighted by atomic mass is 35.5. The predicted octanol–water partition coefficient (Wildman–Crippen LogP) is 1.27. The highest BCUT2D eigenvalue weighted by Gasteiger charge is 2.13. The fraction of sp³-hybridized carbons (Fsp3) is 0.308. The van der Waals surface area contributed by atoms with Crippen LogP contribution in [0.1, 0.15) is 24.2 Å². The smallest absolute Gasteiger partial charge is 0.242 e. The van der Waals surface area contributed by atoms with Crippen LogP contribution in [0, 0.1) is 0 Å². The Kier molecular flexibility index (Phi) is 4.70. The number of carbonyl (C=O) groups is 1. The van der Waals surface area contributed by atoms with Gasteiger partial charge in [0, 0.05) is 11.6 Å². The van der Waals surface area contributed by atoms with E-state index in [-0.39, 0.29) is 18.5 Å². The van der Waals surface area contributed by atoms with Gasteiger partial charge in [0.1, 0.15) is 6.54 Å². The average molecular weight is 294 g/mol. The minimum absolute atomic E-state index is 0.0990. The van der Waals surface area contributed by atoms with Crippen LogP contribution in [0.3, 0.4) is 0 Å². The topological polar surface area (TPSA) is 85.8 Å². The van der Waals surface area contributed by atoms with E-state index in [4.69, 9.17) is 17.3 Å². The number of carbonyl (C=O) groups excluding carboxylic acids is 1. The number of hydrogen-bond donors (Lipinski definition) is 2. The Labute approximate surface area is 121 Å². The molecule has 0 fully saturated rings. The highest BCUT2D eigenvalue weighted by Crippen LogP contribution is 2.21. The molecule has 3 N–H and O–H groups in total. The maximum absolute atomic E-state index is 11.9. The van der Waals surface area contributed by atoms with Crippen LogP contribution in [-0.2, 0) is 17.9 Å². The van der Waals surface area contributed by atoms with Crippen molar-refractivity contribution in [2.24, 2.45) is 5.73 Å². The van der Waals surface area contributed by atoms with Gasteiger partial charge in [-0.1, -0.05) is 35.0 Å². The van der Waals surface area contributed by atoms with Gasteiger partial charge in [0.15, 0.2) is 0 Å². The lowest BCUT2D eigenvalue weighted by molar-refractivity contribution is -0.122. The number of halogens is 1. The molecule has 7 heteroatoms. The van der Waals surface area contributed by atoms with Crippen molar-refractivity contribution in [2.75, 3.05) is 0 Å². The maximum atomic E-state index is 11.9. The molecule has 1 aromatic carbocycles. The van der Waals surface area contributed by atoms with E-state index in [9.17, 15) is 4.79 Å². The molecular weight excluding hydrogens is 278 g/mol. The first-order valence-electron chi connectivity index (χ1n) is 6.23. The summed E-state index contributed by atoms with van der Waals surface area (Å²) >= 11 is 6.09. The first kappa shape index (κ1) is 14.5. The van der Waals surface area contributed by atoms with Gasteiger partial charge < -0.3 is 11.1 Å². The van der Waals surface area contributed by atoms with Crippen LogP contribution >= 0.6 is 11.6 Å². The van der Waals surface area contributed by atoms with Gasteiger partial charge in [-0.05, 0) is 18.6 Å². The largest absolute Gasteiger partial charge is 0.348 e. The van der Waals surface area contributed by atoms with Crippen molar-refractivity contribution in [2.45, 2.75) is 26.1 Å². The molecule has 0 aliphatic carbocycles. The molecule has 2 aromatic rings. The zero-order chi connectivity index (χ0) is 14.5. The molecule has 1 heterocycles. The van der Waals surface area contributed by atoms with Crippen molar-refractivity contribution in [1.82, 2.24) is 20.3 Å². The lowest BCUT2D eigenvalue weighted by Gasteiger charge is -2.15. The van der Waals surface area contributed by atoms with Gasteiger partial charge in [-0.15, -0.1) is 5.10 Å². The van der Waals surface area contributed by atoms with E-state index in [1.54, 1.807) is 12.3 Å². The number of nitrogens with one attached hydrogen (secondary N) is 1. The van der Waals surface area contributed by atoms with E-state index >= 15 is 0 Å². The third kappa shape index (κ3) is 3.55. The summed E-state index contributed by atoms with van der Waals surface area (Å²) in [5, 5.41) is 11.2. The molecule has 106 valence electrons. The van der Waals surface area contributed by atoms with E-state index in [2.05, 4.69) is 15.6 Å². The van der Waals surface area contributed by atoms with Gasteiger partial charge in [-0.25, -0.2) is 4.68 Å². The molecule has 2 rings (SSSR count). The van der Waals surface area contributed by atoms with Crippen molar-refractivity contribution in [3.05, 3.63) is 46.7 Å². The molecule has 6 nitrogen and oxygen atoms in total. The maximum Gasteiger partial charge on any atom is 0.242 e. The molecule has 1 amide bonds. The van der Waals surface area contributed by atoms with Crippen LogP contribution < -0.4 is 11.1 Å². The predicted molar refractivity (Wildman–Crippen MR) is 75.9 cm³/mol. The minimum Gasteiger partial charge on any atom is -0.348 e. The van der Waals surface area contributed by atoms with Gasteiger partial charge in [-0.2, -0.15) is 0 Å². The van der Waals surface area contributed by atoms with Crippen LogP contribution in [0.25, 0.3) is 0 Å². The van der Waals surface area contributed by atoms with Crippen molar-refractivity contribution in [3.8, 4) is 0 Å². The van der Waals surface area contributed by atoms with Crippen LogP contribution in [0.4, 0.5) is 0 Å². The first-order valence-corrected chi connectivity index (χ1v) is 6.61. The molecule has 0 spiro atoms. The molecule has 0 saturated heterocycles. The standard InChI is InChI=1S/C13H16ClN5O/c1-9(11-4-2-3-5-12(11)14)16-13(20)8-19-7-10(6-15)17-18-19/h2-5,7,9H,6,8,15H2,1H3,(H,16,20)/t9-/m0/s1. The van der Waals surface area contributed by atoms with Crippen LogP contribution in [-0.4, -0.2) is 20.9 Å². The summed E-state index contributed by atoms with van der Waals surface area (Å²) in [6.45, 7) is 2.28. The molecular formula is C13H16ClN5O. The molecule has 0 radical (unpaired) electrons. The Morgan fingerprint density at radius 1 is 1.50 bits per heavy atom. The number of hydrogen-bond acceptors (Lipinski definition) is 4. The van der Waals surface area contributed by atoms with Gasteiger partial charge in [0.25, 0.3) is 0 Å². The number of nitrogens with zero attached hydrogens (tertiary/aromatic N) is 3. The summed E-state index contributed by atoms with van der Waals surface area (Å²) in [6, 6.07) is 7.24. The molecule has 1 aromatic heterocycles. The third-order valence-electron chi connectivity index (χ3n) is 2.85. The Morgan fingerprint density at radius 2 is 2.25 bits per heavy atom. The molecule has 0 aliphatic rings. The van der Waals surface area contributed by atoms with Crippen molar-refractivity contribution >= 4 is 17.5 Å². The molecule has 0 saturated carbocycles. The fourth-order valence-corrected chi connectivity index (χ4v) is 2.15. The van der Waals surface area contributed by atoms with Gasteiger partial charge in [0.05, 0.1) is 17.9 Å². The number of nitrogens with two attached hydrogens (primary N) is 1. The lowest BCUT2D eigenvalue weighted by atomic mass is 10.1. The van der Waals surface area contributed by atoms with Crippen LogP contribution in [0.15, 0.2) is 30.5 Å². The number of aromatic nitrogens is 3. The van der Waals surface area contributed by atoms with Gasteiger partial charge in [0.2, 0.25) is 5.91 Å². The summed E-state index contributed by atoms with van der Waals surface area (Å²) in [6.07, 6.45) is 1.65. The van der Waals surface area contributed by atoms with E-state index in [0.717, 1.165) is 5.56 Å². The van der Waals surface area contributed by atoms with Gasteiger partial charge >= 0.3 is 0 Å². The Morgan fingerprint density at radius 3 is 2.90 bits per heavy atom. The lowest BCUT2D eigenvalue weighted by Crippen LogP contribution is -2.30. The van der Waals surface area contributed by atoms with Crippen LogP contribution in [0.5, 0.6) is 0 Å². The summed E-state index contributed by atoms with van der Waals surface area (Å²) in [5.41, 5.74) is 6.96. The average Bonchev–Trinajstić information content (AvgIpc) is 2.86. The summed E-state index contributed by atoms with van der Waals surface area (Å²) in [7, 11) is 0. The second-order valence-electron chi connectivity index (χ2n) is 4.42. The first-order chi connectivity index (χ1) is 9.60. The van der Waals surface area contributed by atoms with E-state index in [1.807, 2.05) is 25.1 Å². The number of benzene rings is 1. The summed E-state index contributed by atoms with van der Waals surface area (Å²) in [4.78, 5) is 11.9. The number of amides is 1. The van der Waals surface area contributed by atoms with Crippen molar-refractivity contribution < 1.29 is 4.79 Å². The van der Waals surface area contributed by atoms with E-state index in [1.165, 1.54) is 4.68 Å². The second-order valence-corrected chi connectivity index (χ2v) is 4.83. The monoisotopic (exact) mass is 293 g/mol. The highest BCUT2D eigenvalue weighted by molar-refractivity contribution is 6.31. The fourth-order valence-electron chi connectivity index (χ4n) is 1.85. The third-order valence-corrected chi connectivity index (χ3v) is 3.19. The molecule has 0 unspecified atom stereocenters. The van der Waals surface area contributed by atoms with Crippen molar-refractivity contribution in [3.63, 3.8) is 0 Å². The minimum atomic E-state index is -0.172. The molecule has 0 aliphatic heterocycles. The Hall–Kier alpha value is -1.92. The molecule has 20 heavy (non-hydrogen) atoms. The zero-order valence-corrected chi connectivity index (χ0v) is 11.8. The normalized spacial score (nSPS) is 12.2. The van der Waals surface area contributed by atoms with Gasteiger partial charge in [-0.3, -0.25) is 4.79 Å².